The normalized spacial score (nSPS) is 14.5. The van der Waals surface area contributed by atoms with Crippen LogP contribution in [0.1, 0.15) is 23.7 Å². The Bertz CT molecular complexity index is 597. The lowest BCUT2D eigenvalue weighted by Crippen LogP contribution is -2.53. The first-order valence-corrected chi connectivity index (χ1v) is 8.21. The van der Waals surface area contributed by atoms with Crippen molar-refractivity contribution in [3.63, 3.8) is 0 Å². The molecule has 1 aliphatic rings. The molecule has 1 aromatic carbocycles. The minimum atomic E-state index is -0.117. The van der Waals surface area contributed by atoms with Crippen LogP contribution in [0.4, 0.5) is 10.5 Å². The molecule has 132 valence electrons. The smallest absolute Gasteiger partial charge is 0.319 e. The van der Waals surface area contributed by atoms with Gasteiger partial charge in [0.25, 0.3) is 5.91 Å². The van der Waals surface area contributed by atoms with E-state index in [9.17, 15) is 9.59 Å². The number of amides is 3. The second-order valence-electron chi connectivity index (χ2n) is 5.91. The number of rotatable bonds is 4. The predicted octanol–water partition coefficient (Wildman–Crippen LogP) is 1.50. The highest BCUT2D eigenvalue weighted by Gasteiger charge is 2.27. The SMILES string of the molecule is CCCN(C)C(=O)N1CCN(C(=O)c2cccc(N)c2OC)CC1. The minimum Gasteiger partial charge on any atom is -0.494 e. The first kappa shape index (κ1) is 17.9. The van der Waals surface area contributed by atoms with Gasteiger partial charge in [0, 0.05) is 39.8 Å². The number of nitrogens with two attached hydrogens (primary N) is 1. The number of carbonyl (C=O) groups is 2. The van der Waals surface area contributed by atoms with Crippen molar-refractivity contribution in [2.24, 2.45) is 0 Å². The summed E-state index contributed by atoms with van der Waals surface area (Å²) in [4.78, 5) is 30.3. The van der Waals surface area contributed by atoms with Crippen LogP contribution in [-0.4, -0.2) is 73.5 Å². The van der Waals surface area contributed by atoms with Crippen molar-refractivity contribution in [3.8, 4) is 5.75 Å². The number of nitrogen functional groups attached to an aromatic ring is 1. The fraction of sp³-hybridized carbons (Fsp3) is 0.529. The molecule has 2 N–H and O–H groups in total. The largest absolute Gasteiger partial charge is 0.494 e. The Hall–Kier alpha value is -2.44. The maximum Gasteiger partial charge on any atom is 0.319 e. The summed E-state index contributed by atoms with van der Waals surface area (Å²) in [5, 5.41) is 0. The van der Waals surface area contributed by atoms with Gasteiger partial charge in [0.05, 0.1) is 18.4 Å². The van der Waals surface area contributed by atoms with Crippen LogP contribution in [0.3, 0.4) is 0 Å². The third-order valence-corrected chi connectivity index (χ3v) is 4.20. The Morgan fingerprint density at radius 1 is 1.21 bits per heavy atom. The molecule has 2 rings (SSSR count). The molecule has 3 amide bonds. The lowest BCUT2D eigenvalue weighted by molar-refractivity contribution is 0.0642. The first-order chi connectivity index (χ1) is 11.5. The molecule has 0 radical (unpaired) electrons. The van der Waals surface area contributed by atoms with Gasteiger partial charge in [-0.2, -0.15) is 0 Å². The van der Waals surface area contributed by atoms with Gasteiger partial charge < -0.3 is 25.2 Å². The van der Waals surface area contributed by atoms with Crippen LogP contribution < -0.4 is 10.5 Å². The Morgan fingerprint density at radius 3 is 2.42 bits per heavy atom. The van der Waals surface area contributed by atoms with Crippen LogP contribution >= 0.6 is 0 Å². The maximum absolute atomic E-state index is 12.7. The molecule has 0 aromatic heterocycles. The van der Waals surface area contributed by atoms with E-state index in [-0.39, 0.29) is 11.9 Å². The molecule has 0 saturated carbocycles. The van der Waals surface area contributed by atoms with Gasteiger partial charge in [-0.3, -0.25) is 4.79 Å². The number of carbonyl (C=O) groups excluding carboxylic acids is 2. The Morgan fingerprint density at radius 2 is 1.83 bits per heavy atom. The summed E-state index contributed by atoms with van der Waals surface area (Å²) in [6, 6.07) is 5.18. The number of hydrogen-bond acceptors (Lipinski definition) is 4. The minimum absolute atomic E-state index is 0.0190. The van der Waals surface area contributed by atoms with Crippen LogP contribution in [0, 0.1) is 0 Å². The number of hydrogen-bond donors (Lipinski definition) is 1. The zero-order chi connectivity index (χ0) is 17.7. The van der Waals surface area contributed by atoms with Gasteiger partial charge in [0.1, 0.15) is 0 Å². The van der Waals surface area contributed by atoms with Gasteiger partial charge in [0.15, 0.2) is 5.75 Å². The summed E-state index contributed by atoms with van der Waals surface area (Å²) in [5.74, 6) is 0.289. The Kier molecular flexibility index (Phi) is 5.89. The van der Waals surface area contributed by atoms with E-state index in [1.165, 1.54) is 7.11 Å². The second kappa shape index (κ2) is 7.90. The van der Waals surface area contributed by atoms with E-state index in [1.807, 2.05) is 6.92 Å². The monoisotopic (exact) mass is 334 g/mol. The molecular formula is C17H26N4O3. The van der Waals surface area contributed by atoms with E-state index in [2.05, 4.69) is 0 Å². The molecule has 7 nitrogen and oxygen atoms in total. The molecule has 0 unspecified atom stereocenters. The van der Waals surface area contributed by atoms with E-state index in [0.717, 1.165) is 13.0 Å². The predicted molar refractivity (Wildman–Crippen MR) is 93.2 cm³/mol. The van der Waals surface area contributed by atoms with Crippen molar-refractivity contribution in [1.29, 1.82) is 0 Å². The molecule has 1 aliphatic heterocycles. The number of methoxy groups -OCH3 is 1. The second-order valence-corrected chi connectivity index (χ2v) is 5.91. The molecule has 1 saturated heterocycles. The van der Waals surface area contributed by atoms with Gasteiger partial charge >= 0.3 is 6.03 Å². The van der Waals surface area contributed by atoms with E-state index >= 15 is 0 Å². The summed E-state index contributed by atoms with van der Waals surface area (Å²) in [5.41, 5.74) is 6.77. The van der Waals surface area contributed by atoms with Crippen molar-refractivity contribution < 1.29 is 14.3 Å². The average Bonchev–Trinajstić information content (AvgIpc) is 2.60. The summed E-state index contributed by atoms with van der Waals surface area (Å²) >= 11 is 0. The highest BCUT2D eigenvalue weighted by molar-refractivity contribution is 5.98. The van der Waals surface area contributed by atoms with Gasteiger partial charge in [-0.25, -0.2) is 4.79 Å². The zero-order valence-corrected chi connectivity index (χ0v) is 14.6. The summed E-state index contributed by atoms with van der Waals surface area (Å²) in [6.45, 7) is 4.84. The van der Waals surface area contributed by atoms with Crippen molar-refractivity contribution in [3.05, 3.63) is 23.8 Å². The van der Waals surface area contributed by atoms with Crippen molar-refractivity contribution >= 4 is 17.6 Å². The molecule has 0 bridgehead atoms. The van der Waals surface area contributed by atoms with Gasteiger partial charge in [-0.15, -0.1) is 0 Å². The highest BCUT2D eigenvalue weighted by atomic mass is 16.5. The number of ether oxygens (including phenoxy) is 1. The fourth-order valence-corrected chi connectivity index (χ4v) is 2.89. The molecule has 0 spiro atoms. The fourth-order valence-electron chi connectivity index (χ4n) is 2.89. The molecule has 0 aliphatic carbocycles. The molecular weight excluding hydrogens is 308 g/mol. The molecule has 0 atom stereocenters. The Labute approximate surface area is 142 Å². The van der Waals surface area contributed by atoms with Crippen molar-refractivity contribution in [2.75, 3.05) is 52.6 Å². The third-order valence-electron chi connectivity index (χ3n) is 4.20. The maximum atomic E-state index is 12.7. The average molecular weight is 334 g/mol. The highest BCUT2D eigenvalue weighted by Crippen LogP contribution is 2.27. The molecule has 1 heterocycles. The summed E-state index contributed by atoms with van der Waals surface area (Å²) in [6.07, 6.45) is 0.927. The number of nitrogens with zero attached hydrogens (tertiary/aromatic N) is 3. The van der Waals surface area contributed by atoms with Gasteiger partial charge in [0.2, 0.25) is 0 Å². The van der Waals surface area contributed by atoms with Crippen LogP contribution in [0.25, 0.3) is 0 Å². The topological polar surface area (TPSA) is 79.1 Å². The standard InChI is InChI=1S/C17H26N4O3/c1-4-8-19(2)17(23)21-11-9-20(10-12-21)16(22)13-6-5-7-14(18)15(13)24-3/h5-7H,4,8-12,18H2,1-3H3. The number of para-hydroxylation sites is 1. The van der Waals surface area contributed by atoms with Crippen LogP contribution in [0.5, 0.6) is 5.75 Å². The van der Waals surface area contributed by atoms with Gasteiger partial charge in [-0.05, 0) is 18.6 Å². The third kappa shape index (κ3) is 3.72. The molecule has 7 heteroatoms. The summed E-state index contributed by atoms with van der Waals surface area (Å²) < 4.78 is 5.26. The van der Waals surface area contributed by atoms with Crippen molar-refractivity contribution in [2.45, 2.75) is 13.3 Å². The van der Waals surface area contributed by atoms with E-state index in [1.54, 1.807) is 39.9 Å². The van der Waals surface area contributed by atoms with E-state index in [4.69, 9.17) is 10.5 Å². The van der Waals surface area contributed by atoms with Crippen LogP contribution in [0.15, 0.2) is 18.2 Å². The zero-order valence-electron chi connectivity index (χ0n) is 14.6. The van der Waals surface area contributed by atoms with Crippen LogP contribution in [0.2, 0.25) is 0 Å². The van der Waals surface area contributed by atoms with Crippen molar-refractivity contribution in [1.82, 2.24) is 14.7 Å². The number of piperazine rings is 1. The number of anilines is 1. The quantitative estimate of drug-likeness (QED) is 0.846. The summed E-state index contributed by atoms with van der Waals surface area (Å²) in [7, 11) is 3.31. The lowest BCUT2D eigenvalue weighted by atomic mass is 10.1. The van der Waals surface area contributed by atoms with Gasteiger partial charge in [-0.1, -0.05) is 13.0 Å². The Balaban J connectivity index is 2.01. The lowest BCUT2D eigenvalue weighted by Gasteiger charge is -2.36. The number of benzene rings is 1. The molecule has 24 heavy (non-hydrogen) atoms. The molecule has 1 fully saturated rings. The number of urea groups is 1. The van der Waals surface area contributed by atoms with E-state index < -0.39 is 0 Å². The first-order valence-electron chi connectivity index (χ1n) is 8.21. The van der Waals surface area contributed by atoms with E-state index in [0.29, 0.717) is 43.2 Å². The molecule has 1 aromatic rings. The van der Waals surface area contributed by atoms with Crippen LogP contribution in [-0.2, 0) is 0 Å².